The van der Waals surface area contributed by atoms with Crippen molar-refractivity contribution in [1.29, 1.82) is 0 Å². The van der Waals surface area contributed by atoms with Gasteiger partial charge in [-0.1, -0.05) is 41.0 Å². The van der Waals surface area contributed by atoms with Crippen molar-refractivity contribution >= 4 is 0 Å². The molecule has 1 aliphatic carbocycles. The largest absolute Gasteiger partial charge is 0.306 e. The summed E-state index contributed by atoms with van der Waals surface area (Å²) in [5.41, 5.74) is 0. The molecule has 0 aromatic heterocycles. The van der Waals surface area contributed by atoms with Gasteiger partial charge in [-0.15, -0.1) is 0 Å². The highest BCUT2D eigenvalue weighted by Crippen LogP contribution is 2.31. The zero-order chi connectivity index (χ0) is 17.8. The molecule has 1 aliphatic heterocycles. The van der Waals surface area contributed by atoms with Crippen LogP contribution < -0.4 is 0 Å². The molecule has 2 rings (SSSR count). The Balaban J connectivity index is 0.000000392. The van der Waals surface area contributed by atoms with Crippen LogP contribution in [0.4, 0.5) is 0 Å². The Kier molecular flexibility index (Phi) is 13.2. The number of nitrogens with zero attached hydrogens (tertiary/aromatic N) is 2. The second kappa shape index (κ2) is 13.2. The van der Waals surface area contributed by atoms with E-state index in [4.69, 9.17) is 0 Å². The van der Waals surface area contributed by atoms with E-state index in [-0.39, 0.29) is 0 Å². The zero-order valence-corrected chi connectivity index (χ0v) is 17.6. The van der Waals surface area contributed by atoms with E-state index in [2.05, 4.69) is 51.7 Å². The molecule has 0 radical (unpaired) electrons. The van der Waals surface area contributed by atoms with Gasteiger partial charge in [0.25, 0.3) is 0 Å². The smallest absolute Gasteiger partial charge is 0.00895 e. The average molecular weight is 327 g/mol. The van der Waals surface area contributed by atoms with Gasteiger partial charge in [0, 0.05) is 12.1 Å². The van der Waals surface area contributed by atoms with Gasteiger partial charge in [-0.25, -0.2) is 0 Å². The number of piperidine rings is 1. The minimum Gasteiger partial charge on any atom is -0.306 e. The molecular formula is C21H46N2. The molecular weight excluding hydrogens is 280 g/mol. The Morgan fingerprint density at radius 1 is 0.957 bits per heavy atom. The van der Waals surface area contributed by atoms with Crippen LogP contribution in [0.1, 0.15) is 86.0 Å². The lowest BCUT2D eigenvalue weighted by molar-refractivity contribution is 0.169. The summed E-state index contributed by atoms with van der Waals surface area (Å²) < 4.78 is 0. The Morgan fingerprint density at radius 2 is 1.52 bits per heavy atom. The monoisotopic (exact) mass is 326 g/mol. The van der Waals surface area contributed by atoms with E-state index >= 15 is 0 Å². The van der Waals surface area contributed by atoms with Crippen molar-refractivity contribution in [3.63, 3.8) is 0 Å². The van der Waals surface area contributed by atoms with Gasteiger partial charge in [-0.2, -0.15) is 0 Å². The van der Waals surface area contributed by atoms with Gasteiger partial charge in [-0.3, -0.25) is 0 Å². The van der Waals surface area contributed by atoms with Crippen LogP contribution in [0.2, 0.25) is 0 Å². The predicted octanol–water partition coefficient (Wildman–Crippen LogP) is 5.67. The van der Waals surface area contributed by atoms with Crippen molar-refractivity contribution < 1.29 is 0 Å². The maximum absolute atomic E-state index is 2.49. The van der Waals surface area contributed by atoms with Crippen molar-refractivity contribution in [2.24, 2.45) is 11.8 Å². The number of hydrogen-bond acceptors (Lipinski definition) is 2. The van der Waals surface area contributed by atoms with E-state index < -0.39 is 0 Å². The molecule has 1 saturated heterocycles. The van der Waals surface area contributed by atoms with Crippen LogP contribution in [-0.2, 0) is 0 Å². The fourth-order valence-corrected chi connectivity index (χ4v) is 3.94. The molecule has 0 N–H and O–H groups in total. The van der Waals surface area contributed by atoms with Crippen LogP contribution in [0, 0.1) is 11.8 Å². The number of rotatable bonds is 3. The molecule has 0 amide bonds. The Bertz CT molecular complexity index is 239. The summed E-state index contributed by atoms with van der Waals surface area (Å²) in [5.74, 6) is 1.90. The standard InChI is InChI=1S/C11H23N.C8H17N.C2H6/c1-9(2)10-5-7-11(8-6-10)12(3)4;1-3-8-6-4-5-7-9(8)2;1-2/h9-11H,5-8H2,1-4H3;8H,3-7H2,1-2H3;1-2H3/t;8-;/m.0./s1. The van der Waals surface area contributed by atoms with Gasteiger partial charge in [0.15, 0.2) is 0 Å². The maximum atomic E-state index is 2.49. The third kappa shape index (κ3) is 9.10. The normalized spacial score (nSPS) is 28.7. The summed E-state index contributed by atoms with van der Waals surface area (Å²) in [5, 5.41) is 0. The summed E-state index contributed by atoms with van der Waals surface area (Å²) in [6.07, 6.45) is 11.3. The van der Waals surface area contributed by atoms with Gasteiger partial charge in [0.1, 0.15) is 0 Å². The van der Waals surface area contributed by atoms with E-state index in [0.29, 0.717) is 0 Å². The molecule has 2 fully saturated rings. The molecule has 2 aliphatic rings. The fraction of sp³-hybridized carbons (Fsp3) is 1.00. The van der Waals surface area contributed by atoms with Crippen molar-refractivity contribution in [2.75, 3.05) is 27.7 Å². The van der Waals surface area contributed by atoms with Gasteiger partial charge < -0.3 is 9.80 Å². The minimum atomic E-state index is 0.861. The van der Waals surface area contributed by atoms with Gasteiger partial charge in [0.05, 0.1) is 0 Å². The molecule has 2 heteroatoms. The predicted molar refractivity (Wildman–Crippen MR) is 106 cm³/mol. The number of hydrogen-bond donors (Lipinski definition) is 0. The molecule has 0 bridgehead atoms. The summed E-state index contributed by atoms with van der Waals surface area (Å²) in [7, 11) is 6.66. The maximum Gasteiger partial charge on any atom is 0.00895 e. The second-order valence-electron chi connectivity index (χ2n) is 7.81. The third-order valence-corrected chi connectivity index (χ3v) is 5.81. The molecule has 23 heavy (non-hydrogen) atoms. The van der Waals surface area contributed by atoms with Crippen LogP contribution in [0.15, 0.2) is 0 Å². The van der Waals surface area contributed by atoms with Crippen molar-refractivity contribution in [3.8, 4) is 0 Å². The van der Waals surface area contributed by atoms with Crippen LogP contribution in [-0.4, -0.2) is 49.6 Å². The average Bonchev–Trinajstić information content (AvgIpc) is 2.58. The van der Waals surface area contributed by atoms with Gasteiger partial charge >= 0.3 is 0 Å². The summed E-state index contributed by atoms with van der Waals surface area (Å²) >= 11 is 0. The van der Waals surface area contributed by atoms with E-state index in [0.717, 1.165) is 23.9 Å². The Morgan fingerprint density at radius 3 is 1.87 bits per heavy atom. The summed E-state index contributed by atoms with van der Waals surface area (Å²) in [4.78, 5) is 4.88. The highest BCUT2D eigenvalue weighted by molar-refractivity contribution is 4.78. The van der Waals surface area contributed by atoms with Gasteiger partial charge in [0.2, 0.25) is 0 Å². The van der Waals surface area contributed by atoms with Crippen LogP contribution >= 0.6 is 0 Å². The second-order valence-corrected chi connectivity index (χ2v) is 7.81. The number of likely N-dealkylation sites (tertiary alicyclic amines) is 1. The van der Waals surface area contributed by atoms with Crippen LogP contribution in [0.25, 0.3) is 0 Å². The first kappa shape index (κ1) is 22.9. The highest BCUT2D eigenvalue weighted by Gasteiger charge is 2.23. The lowest BCUT2D eigenvalue weighted by Crippen LogP contribution is -2.35. The van der Waals surface area contributed by atoms with Gasteiger partial charge in [-0.05, 0) is 84.5 Å². The molecule has 0 unspecified atom stereocenters. The zero-order valence-electron chi connectivity index (χ0n) is 17.6. The van der Waals surface area contributed by atoms with Crippen LogP contribution in [0.3, 0.4) is 0 Å². The third-order valence-electron chi connectivity index (χ3n) is 5.81. The molecule has 0 spiro atoms. The van der Waals surface area contributed by atoms with Crippen molar-refractivity contribution in [1.82, 2.24) is 9.80 Å². The molecule has 1 atom stereocenters. The van der Waals surface area contributed by atoms with Crippen molar-refractivity contribution in [2.45, 2.75) is 98.1 Å². The van der Waals surface area contributed by atoms with E-state index in [1.165, 1.54) is 57.9 Å². The first-order valence-electron chi connectivity index (χ1n) is 10.3. The van der Waals surface area contributed by atoms with E-state index in [1.807, 2.05) is 13.8 Å². The lowest BCUT2D eigenvalue weighted by Gasteiger charge is -2.34. The van der Waals surface area contributed by atoms with E-state index in [1.54, 1.807) is 0 Å². The summed E-state index contributed by atoms with van der Waals surface area (Å²) in [6, 6.07) is 1.75. The Hall–Kier alpha value is -0.0800. The minimum absolute atomic E-state index is 0.861. The molecule has 1 saturated carbocycles. The lowest BCUT2D eigenvalue weighted by atomic mass is 9.79. The molecule has 140 valence electrons. The molecule has 2 nitrogen and oxygen atoms in total. The highest BCUT2D eigenvalue weighted by atomic mass is 15.1. The SMILES string of the molecule is CC.CC(C)C1CCC(N(C)C)CC1.CC[C@H]1CCCCN1C. The quantitative estimate of drug-likeness (QED) is 0.659. The van der Waals surface area contributed by atoms with Crippen LogP contribution in [0.5, 0.6) is 0 Å². The fourth-order valence-electron chi connectivity index (χ4n) is 3.94. The molecule has 0 aromatic rings. The molecule has 0 aromatic carbocycles. The molecule has 1 heterocycles. The Labute approximate surface area is 148 Å². The first-order valence-corrected chi connectivity index (χ1v) is 10.3. The summed E-state index contributed by atoms with van der Waals surface area (Å²) in [6.45, 7) is 12.3. The topological polar surface area (TPSA) is 6.48 Å². The van der Waals surface area contributed by atoms with E-state index in [9.17, 15) is 0 Å². The first-order chi connectivity index (χ1) is 11.0. The van der Waals surface area contributed by atoms with Crippen molar-refractivity contribution in [3.05, 3.63) is 0 Å².